The quantitative estimate of drug-likeness (QED) is 0.628. The Labute approximate surface area is 131 Å². The van der Waals surface area contributed by atoms with Gasteiger partial charge in [-0.2, -0.15) is 0 Å². The summed E-state index contributed by atoms with van der Waals surface area (Å²) in [5.41, 5.74) is 1.84. The molecule has 0 aliphatic carbocycles. The normalized spacial score (nSPS) is 10.5. The Morgan fingerprint density at radius 2 is 2.15 bits per heavy atom. The summed E-state index contributed by atoms with van der Waals surface area (Å²) in [7, 11) is 0. The van der Waals surface area contributed by atoms with Crippen LogP contribution in [-0.4, -0.2) is 22.5 Å². The maximum Gasteiger partial charge on any atom is 0.226 e. The van der Waals surface area contributed by atoms with Crippen molar-refractivity contribution in [2.45, 2.75) is 17.7 Å². The number of hydrogen-bond acceptors (Lipinski definition) is 4. The number of halogens is 1. The minimum Gasteiger partial charge on any atom is -0.316 e. The Kier molecular flexibility index (Phi) is 5.88. The maximum atomic E-state index is 11.7. The van der Waals surface area contributed by atoms with Crippen molar-refractivity contribution in [1.29, 1.82) is 0 Å². The highest BCUT2D eigenvalue weighted by atomic mass is 35.5. The van der Waals surface area contributed by atoms with Crippen molar-refractivity contribution in [3.05, 3.63) is 30.3 Å². The van der Waals surface area contributed by atoms with Gasteiger partial charge in [0.25, 0.3) is 0 Å². The van der Waals surface area contributed by atoms with Gasteiger partial charge < -0.3 is 5.32 Å². The number of thioether (sulfide) groups is 1. The number of anilines is 1. The van der Waals surface area contributed by atoms with E-state index < -0.39 is 0 Å². The van der Waals surface area contributed by atoms with Gasteiger partial charge in [-0.1, -0.05) is 60.4 Å². The summed E-state index contributed by atoms with van der Waals surface area (Å²) in [4.78, 5) is 16.4. The summed E-state index contributed by atoms with van der Waals surface area (Å²) in [5.74, 6) is 1.20. The Morgan fingerprint density at radius 1 is 1.40 bits per heavy atom. The number of benzene rings is 1. The highest BCUT2D eigenvalue weighted by molar-refractivity contribution is 8.01. The van der Waals surface area contributed by atoms with E-state index in [2.05, 4.69) is 17.2 Å². The fourth-order valence-corrected chi connectivity index (χ4v) is 3.79. The number of amides is 1. The summed E-state index contributed by atoms with van der Waals surface area (Å²) in [6, 6.07) is 9.87. The van der Waals surface area contributed by atoms with E-state index in [-0.39, 0.29) is 5.91 Å². The molecule has 1 aromatic carbocycles. The van der Waals surface area contributed by atoms with Crippen molar-refractivity contribution in [2.75, 3.05) is 16.9 Å². The number of carbonyl (C=O) groups is 1. The van der Waals surface area contributed by atoms with E-state index in [9.17, 15) is 4.79 Å². The molecular weight excluding hydrogens is 312 g/mol. The molecule has 0 saturated carbocycles. The second-order valence-corrected chi connectivity index (χ2v) is 6.83. The molecular formula is C14H15ClN2OS2. The Balaban J connectivity index is 2.31. The number of rotatable bonds is 6. The molecule has 2 rings (SSSR count). The molecule has 1 amide bonds. The average molecular weight is 327 g/mol. The summed E-state index contributed by atoms with van der Waals surface area (Å²) in [5, 5.41) is 3.70. The van der Waals surface area contributed by atoms with E-state index in [0.29, 0.717) is 12.3 Å². The molecule has 0 unspecified atom stereocenters. The molecule has 3 nitrogen and oxygen atoms in total. The van der Waals surface area contributed by atoms with Crippen molar-refractivity contribution >= 4 is 45.6 Å². The van der Waals surface area contributed by atoms with Crippen LogP contribution in [0.1, 0.15) is 13.3 Å². The first-order valence-electron chi connectivity index (χ1n) is 6.29. The third kappa shape index (κ3) is 3.98. The number of hydrogen-bond donors (Lipinski definition) is 1. The number of alkyl halides is 1. The lowest BCUT2D eigenvalue weighted by Gasteiger charge is -2.03. The molecule has 0 bridgehead atoms. The summed E-state index contributed by atoms with van der Waals surface area (Å²) in [6.07, 6.45) is 0.309. The minimum absolute atomic E-state index is 0.0751. The van der Waals surface area contributed by atoms with Crippen molar-refractivity contribution in [1.82, 2.24) is 4.98 Å². The number of carbonyl (C=O) groups excluding carboxylic acids is 1. The minimum atomic E-state index is -0.0751. The van der Waals surface area contributed by atoms with Crippen LogP contribution in [-0.2, 0) is 4.79 Å². The highest BCUT2D eigenvalue weighted by Crippen LogP contribution is 2.37. The first-order chi connectivity index (χ1) is 9.74. The van der Waals surface area contributed by atoms with Crippen molar-refractivity contribution in [3.8, 4) is 11.3 Å². The predicted molar refractivity (Wildman–Crippen MR) is 87.9 cm³/mol. The van der Waals surface area contributed by atoms with Crippen molar-refractivity contribution < 1.29 is 4.79 Å². The van der Waals surface area contributed by atoms with Gasteiger partial charge in [0.05, 0.1) is 0 Å². The second-order valence-electron chi connectivity index (χ2n) is 3.94. The molecule has 1 heterocycles. The molecule has 20 heavy (non-hydrogen) atoms. The standard InChI is InChI=1S/C14H15ClN2OS2/c1-2-19-14-17-12(10-6-4-3-5-7-10)13(20-14)16-11(18)8-9-15/h3-7H,2,8-9H2,1H3,(H,16,18). The SMILES string of the molecule is CCSc1nc(-c2ccccc2)c(NC(=O)CCCl)s1. The smallest absolute Gasteiger partial charge is 0.226 e. The zero-order valence-electron chi connectivity index (χ0n) is 11.1. The third-order valence-corrected chi connectivity index (χ3v) is 4.68. The van der Waals surface area contributed by atoms with E-state index in [1.54, 1.807) is 11.8 Å². The van der Waals surface area contributed by atoms with Crippen LogP contribution in [0.15, 0.2) is 34.7 Å². The van der Waals surface area contributed by atoms with E-state index >= 15 is 0 Å². The van der Waals surface area contributed by atoms with Crippen LogP contribution in [0.3, 0.4) is 0 Å². The number of aromatic nitrogens is 1. The molecule has 106 valence electrons. The molecule has 0 fully saturated rings. The topological polar surface area (TPSA) is 42.0 Å². The Hall–Kier alpha value is -1.04. The van der Waals surface area contributed by atoms with E-state index in [1.807, 2.05) is 30.3 Å². The average Bonchev–Trinajstić information content (AvgIpc) is 2.83. The van der Waals surface area contributed by atoms with Crippen molar-refractivity contribution in [2.24, 2.45) is 0 Å². The molecule has 0 atom stereocenters. The number of thiazole rings is 1. The zero-order chi connectivity index (χ0) is 14.4. The van der Waals surface area contributed by atoms with Crippen LogP contribution in [0.4, 0.5) is 5.00 Å². The molecule has 0 aliphatic heterocycles. The maximum absolute atomic E-state index is 11.7. The second kappa shape index (κ2) is 7.67. The van der Waals surface area contributed by atoms with Gasteiger partial charge in [-0.3, -0.25) is 4.79 Å². The Bertz CT molecular complexity index is 572. The van der Waals surface area contributed by atoms with Gasteiger partial charge in [-0.25, -0.2) is 4.98 Å². The summed E-state index contributed by atoms with van der Waals surface area (Å²) in [6.45, 7) is 2.08. The third-order valence-electron chi connectivity index (χ3n) is 2.50. The molecule has 1 N–H and O–H groups in total. The largest absolute Gasteiger partial charge is 0.316 e. The lowest BCUT2D eigenvalue weighted by molar-refractivity contribution is -0.115. The van der Waals surface area contributed by atoms with Gasteiger partial charge in [0.1, 0.15) is 10.7 Å². The molecule has 0 aliphatic rings. The van der Waals surface area contributed by atoms with E-state index in [0.717, 1.165) is 26.4 Å². The first-order valence-corrected chi connectivity index (χ1v) is 8.63. The lowest BCUT2D eigenvalue weighted by Crippen LogP contribution is -2.11. The first kappa shape index (κ1) is 15.4. The molecule has 0 radical (unpaired) electrons. The molecule has 2 aromatic rings. The van der Waals surface area contributed by atoms with Crippen LogP contribution in [0.25, 0.3) is 11.3 Å². The van der Waals surface area contributed by atoms with Crippen LogP contribution in [0.2, 0.25) is 0 Å². The monoisotopic (exact) mass is 326 g/mol. The molecule has 6 heteroatoms. The summed E-state index contributed by atoms with van der Waals surface area (Å²) < 4.78 is 0.965. The van der Waals surface area contributed by atoms with Gasteiger partial charge in [0, 0.05) is 17.9 Å². The van der Waals surface area contributed by atoms with Crippen LogP contribution < -0.4 is 5.32 Å². The summed E-state index contributed by atoms with van der Waals surface area (Å²) >= 11 is 8.78. The molecule has 0 saturated heterocycles. The molecule has 0 spiro atoms. The van der Waals surface area contributed by atoms with Gasteiger partial charge >= 0.3 is 0 Å². The lowest BCUT2D eigenvalue weighted by atomic mass is 10.2. The predicted octanol–water partition coefficient (Wildman–Crippen LogP) is 4.49. The van der Waals surface area contributed by atoms with E-state index in [4.69, 9.17) is 11.6 Å². The fourth-order valence-electron chi connectivity index (χ4n) is 1.64. The van der Waals surface area contributed by atoms with Gasteiger partial charge in [0.2, 0.25) is 5.91 Å². The molecule has 1 aromatic heterocycles. The number of nitrogens with zero attached hydrogens (tertiary/aromatic N) is 1. The van der Waals surface area contributed by atoms with Crippen LogP contribution >= 0.6 is 34.7 Å². The van der Waals surface area contributed by atoms with Crippen LogP contribution in [0.5, 0.6) is 0 Å². The fraction of sp³-hybridized carbons (Fsp3) is 0.286. The Morgan fingerprint density at radius 3 is 2.80 bits per heavy atom. The van der Waals surface area contributed by atoms with Gasteiger partial charge in [-0.15, -0.1) is 11.6 Å². The van der Waals surface area contributed by atoms with Gasteiger partial charge in [-0.05, 0) is 5.75 Å². The van der Waals surface area contributed by atoms with E-state index in [1.165, 1.54) is 11.3 Å². The number of nitrogens with one attached hydrogen (secondary N) is 1. The van der Waals surface area contributed by atoms with Gasteiger partial charge in [0.15, 0.2) is 4.34 Å². The van der Waals surface area contributed by atoms with Crippen LogP contribution in [0, 0.1) is 0 Å². The highest BCUT2D eigenvalue weighted by Gasteiger charge is 2.15. The van der Waals surface area contributed by atoms with Crippen molar-refractivity contribution in [3.63, 3.8) is 0 Å². The zero-order valence-corrected chi connectivity index (χ0v) is 13.4.